The fourth-order valence-electron chi connectivity index (χ4n) is 6.34. The molecule has 0 spiro atoms. The number of hydrogen-bond acceptors (Lipinski definition) is 3. The van der Waals surface area contributed by atoms with Crippen molar-refractivity contribution in [1.29, 1.82) is 0 Å². The van der Waals surface area contributed by atoms with Crippen molar-refractivity contribution in [3.63, 3.8) is 0 Å². The molecule has 0 saturated carbocycles. The molecule has 0 fully saturated rings. The zero-order valence-corrected chi connectivity index (χ0v) is 27.9. The molecule has 0 amide bonds. The molecule has 2 unspecified atom stereocenters. The maximum Gasteiger partial charge on any atom is 0.132 e. The van der Waals surface area contributed by atoms with Crippen LogP contribution in [-0.4, -0.2) is 43.8 Å². The van der Waals surface area contributed by atoms with Crippen LogP contribution in [-0.2, 0) is 17.9 Å². The average molecular weight is 589 g/mol. The lowest BCUT2D eigenvalue weighted by Crippen LogP contribution is -2.10. The van der Waals surface area contributed by atoms with Crippen LogP contribution in [0.1, 0.15) is 86.5 Å². The number of carbonyl (C=O) groups excluding carboxylic acids is 1. The number of rotatable bonds is 16. The molecule has 0 aliphatic rings. The highest BCUT2D eigenvalue weighted by Gasteiger charge is 2.15. The lowest BCUT2D eigenvalue weighted by atomic mass is 9.87. The molecule has 0 saturated heterocycles. The van der Waals surface area contributed by atoms with Gasteiger partial charge in [0.05, 0.1) is 0 Å². The van der Waals surface area contributed by atoms with Gasteiger partial charge in [0.1, 0.15) is 5.78 Å². The first-order chi connectivity index (χ1) is 21.2. The van der Waals surface area contributed by atoms with Crippen molar-refractivity contribution < 1.29 is 4.79 Å². The van der Waals surface area contributed by atoms with Gasteiger partial charge in [0, 0.05) is 25.9 Å². The Kier molecular flexibility index (Phi) is 12.5. The molecule has 232 valence electrons. The molecule has 0 bridgehead atoms. The second-order valence-electron chi connectivity index (χ2n) is 13.2. The van der Waals surface area contributed by atoms with E-state index in [9.17, 15) is 4.79 Å². The average Bonchev–Trinajstić information content (AvgIpc) is 3.01. The number of nitrogens with zero attached hydrogens (tertiary/aromatic N) is 2. The molecule has 4 aromatic rings. The maximum atomic E-state index is 12.9. The van der Waals surface area contributed by atoms with E-state index in [1.807, 2.05) is 0 Å². The van der Waals surface area contributed by atoms with Crippen molar-refractivity contribution in [2.75, 3.05) is 28.2 Å². The highest BCUT2D eigenvalue weighted by atomic mass is 16.1. The van der Waals surface area contributed by atoms with Crippen LogP contribution in [0.3, 0.4) is 0 Å². The molecule has 3 heteroatoms. The van der Waals surface area contributed by atoms with Gasteiger partial charge in [-0.15, -0.1) is 0 Å². The minimum atomic E-state index is 0.402. The smallest absolute Gasteiger partial charge is 0.132 e. The van der Waals surface area contributed by atoms with Crippen LogP contribution in [0.5, 0.6) is 0 Å². The summed E-state index contributed by atoms with van der Waals surface area (Å²) >= 11 is 0. The van der Waals surface area contributed by atoms with Gasteiger partial charge in [-0.25, -0.2) is 0 Å². The Morgan fingerprint density at radius 1 is 0.545 bits per heavy atom. The van der Waals surface area contributed by atoms with Crippen LogP contribution in [0.4, 0.5) is 0 Å². The molecule has 0 radical (unpaired) electrons. The predicted octanol–water partition coefficient (Wildman–Crippen LogP) is 9.96. The molecule has 2 atom stereocenters. The third-order valence-electron chi connectivity index (χ3n) is 8.70. The molecule has 0 aliphatic carbocycles. The van der Waals surface area contributed by atoms with Crippen molar-refractivity contribution in [2.45, 2.75) is 77.3 Å². The lowest BCUT2D eigenvalue weighted by Gasteiger charge is -2.18. The summed E-state index contributed by atoms with van der Waals surface area (Å²) in [6.45, 7) is 6.51. The molecule has 0 heterocycles. The largest absolute Gasteiger partial charge is 0.305 e. The minimum absolute atomic E-state index is 0.402. The monoisotopic (exact) mass is 588 g/mol. The molecule has 0 aromatic heterocycles. The second-order valence-corrected chi connectivity index (χ2v) is 13.2. The molecule has 0 aliphatic heterocycles. The Hall–Kier alpha value is -3.53. The lowest BCUT2D eigenvalue weighted by molar-refractivity contribution is -0.119. The van der Waals surface area contributed by atoms with Crippen molar-refractivity contribution in [1.82, 2.24) is 9.80 Å². The number of carbonyl (C=O) groups is 1. The first-order valence-electron chi connectivity index (χ1n) is 16.4. The molecule has 44 heavy (non-hydrogen) atoms. The number of Topliss-reactive ketones (excluding diaryl/α,β-unsaturated/α-hetero) is 1. The van der Waals surface area contributed by atoms with Crippen molar-refractivity contribution in [2.24, 2.45) is 0 Å². The molecule has 0 N–H and O–H groups in total. The zero-order valence-electron chi connectivity index (χ0n) is 27.9. The number of benzene rings is 4. The third kappa shape index (κ3) is 9.74. The topological polar surface area (TPSA) is 23.6 Å². The van der Waals surface area contributed by atoms with Gasteiger partial charge in [-0.1, -0.05) is 111 Å². The number of ketones is 1. The Morgan fingerprint density at radius 3 is 1.27 bits per heavy atom. The van der Waals surface area contributed by atoms with E-state index in [2.05, 4.69) is 149 Å². The zero-order chi connectivity index (χ0) is 31.5. The highest BCUT2D eigenvalue weighted by molar-refractivity contribution is 5.78. The normalized spacial score (nSPS) is 12.9. The Labute approximate surface area is 266 Å². The third-order valence-corrected chi connectivity index (χ3v) is 8.70. The number of hydrogen-bond donors (Lipinski definition) is 0. The van der Waals surface area contributed by atoms with E-state index >= 15 is 0 Å². The summed E-state index contributed by atoms with van der Waals surface area (Å²) in [5.74, 6) is 1.22. The quantitative estimate of drug-likeness (QED) is 0.130. The van der Waals surface area contributed by atoms with Gasteiger partial charge in [-0.05, 0) is 110 Å². The second kappa shape index (κ2) is 16.5. The molecular formula is C41H52N2O. The van der Waals surface area contributed by atoms with E-state index in [4.69, 9.17) is 0 Å². The van der Waals surface area contributed by atoms with Crippen LogP contribution in [0.2, 0.25) is 0 Å². The summed E-state index contributed by atoms with van der Waals surface area (Å²) in [6.07, 6.45) is 5.29. The Morgan fingerprint density at radius 2 is 0.909 bits per heavy atom. The van der Waals surface area contributed by atoms with Crippen LogP contribution in [0, 0.1) is 0 Å². The molecule has 4 aromatic carbocycles. The van der Waals surface area contributed by atoms with E-state index in [-0.39, 0.29) is 0 Å². The van der Waals surface area contributed by atoms with Crippen LogP contribution in [0.15, 0.2) is 97.1 Å². The van der Waals surface area contributed by atoms with Crippen molar-refractivity contribution >= 4 is 5.78 Å². The Balaban J connectivity index is 1.25. The SMILES string of the molecule is CC(CCCC(=O)CCCC(C)c1ccccc1-c1ccc(CN(C)C)cc1)c1ccccc1-c1ccc(CN(C)C)cc1. The van der Waals surface area contributed by atoms with Crippen LogP contribution >= 0.6 is 0 Å². The van der Waals surface area contributed by atoms with Crippen molar-refractivity contribution in [3.05, 3.63) is 119 Å². The molecule has 3 nitrogen and oxygen atoms in total. The summed E-state index contributed by atoms with van der Waals surface area (Å²) in [7, 11) is 8.40. The first-order valence-corrected chi connectivity index (χ1v) is 16.4. The van der Waals surface area contributed by atoms with E-state index in [1.54, 1.807) is 0 Å². The standard InChI is InChI=1S/C41H52N2O/c1-31(38-17-7-9-19-40(38)35-25-21-33(22-26-35)29-42(3)4)13-11-15-37(44)16-12-14-32(2)39-18-8-10-20-41(39)36-27-23-34(24-28-36)30-43(5)6/h7-10,17-28,31-32H,11-16,29-30H2,1-6H3. The molecule has 4 rings (SSSR count). The van der Waals surface area contributed by atoms with Gasteiger partial charge in [-0.3, -0.25) is 4.79 Å². The van der Waals surface area contributed by atoms with Crippen molar-refractivity contribution in [3.8, 4) is 22.3 Å². The Bertz CT molecular complexity index is 1340. The van der Waals surface area contributed by atoms with Gasteiger partial charge in [0.15, 0.2) is 0 Å². The van der Waals surface area contributed by atoms with Gasteiger partial charge in [-0.2, -0.15) is 0 Å². The summed E-state index contributed by atoms with van der Waals surface area (Å²) in [4.78, 5) is 17.3. The van der Waals surface area contributed by atoms with Gasteiger partial charge in [0.2, 0.25) is 0 Å². The van der Waals surface area contributed by atoms with Gasteiger partial charge in [0.25, 0.3) is 0 Å². The molecular weight excluding hydrogens is 536 g/mol. The first kappa shape index (κ1) is 33.4. The van der Waals surface area contributed by atoms with E-state index in [0.717, 1.165) is 38.8 Å². The van der Waals surface area contributed by atoms with E-state index in [1.165, 1.54) is 44.5 Å². The summed E-state index contributed by atoms with van der Waals surface area (Å²) in [5, 5.41) is 0. The summed E-state index contributed by atoms with van der Waals surface area (Å²) < 4.78 is 0. The van der Waals surface area contributed by atoms with Crippen LogP contribution < -0.4 is 0 Å². The fraction of sp³-hybridized carbons (Fsp3) is 0.390. The summed E-state index contributed by atoms with van der Waals surface area (Å²) in [6, 6.07) is 35.4. The van der Waals surface area contributed by atoms with Gasteiger partial charge >= 0.3 is 0 Å². The van der Waals surface area contributed by atoms with E-state index < -0.39 is 0 Å². The fourth-order valence-corrected chi connectivity index (χ4v) is 6.34. The minimum Gasteiger partial charge on any atom is -0.305 e. The van der Waals surface area contributed by atoms with Gasteiger partial charge < -0.3 is 9.80 Å². The predicted molar refractivity (Wildman–Crippen MR) is 188 cm³/mol. The summed E-state index contributed by atoms with van der Waals surface area (Å²) in [5.41, 5.74) is 10.5. The highest BCUT2D eigenvalue weighted by Crippen LogP contribution is 2.34. The van der Waals surface area contributed by atoms with E-state index in [0.29, 0.717) is 30.5 Å². The van der Waals surface area contributed by atoms with Crippen LogP contribution in [0.25, 0.3) is 22.3 Å². The maximum absolute atomic E-state index is 12.9.